The first-order chi connectivity index (χ1) is 13.7. The molecular weight excluding hydrogens is 451 g/mol. The van der Waals surface area contributed by atoms with Gasteiger partial charge in [0.1, 0.15) is 0 Å². The maximum Gasteiger partial charge on any atom is 0.0287 e. The molecular formula is C27H19I. The quantitative estimate of drug-likeness (QED) is 0.228. The third-order valence-corrected chi connectivity index (χ3v) is 6.54. The van der Waals surface area contributed by atoms with Gasteiger partial charge in [-0.25, -0.2) is 0 Å². The average molecular weight is 470 g/mol. The molecule has 0 atom stereocenters. The van der Waals surface area contributed by atoms with Crippen LogP contribution < -0.4 is 0 Å². The number of hydrogen-bond donors (Lipinski definition) is 0. The molecule has 0 saturated carbocycles. The minimum atomic E-state index is 1.28. The van der Waals surface area contributed by atoms with Gasteiger partial charge in [0.15, 0.2) is 0 Å². The maximum absolute atomic E-state index is 2.53. The predicted molar refractivity (Wildman–Crippen MR) is 130 cm³/mol. The lowest BCUT2D eigenvalue weighted by molar-refractivity contribution is 1.45. The van der Waals surface area contributed by atoms with E-state index in [0.29, 0.717) is 0 Å². The van der Waals surface area contributed by atoms with Gasteiger partial charge in [-0.05, 0) is 78.9 Å². The number of rotatable bonds is 2. The Labute approximate surface area is 179 Å². The maximum atomic E-state index is 2.53. The lowest BCUT2D eigenvalue weighted by Crippen LogP contribution is -1.92. The van der Waals surface area contributed by atoms with E-state index in [4.69, 9.17) is 0 Å². The zero-order valence-electron chi connectivity index (χ0n) is 15.6. The van der Waals surface area contributed by atoms with E-state index in [9.17, 15) is 0 Å². The zero-order valence-corrected chi connectivity index (χ0v) is 17.8. The zero-order chi connectivity index (χ0) is 19.1. The molecule has 0 N–H and O–H groups in total. The molecule has 0 aliphatic heterocycles. The summed E-state index contributed by atoms with van der Waals surface area (Å²) in [5, 5.41) is 5.17. The van der Waals surface area contributed by atoms with Crippen molar-refractivity contribution >= 4 is 44.1 Å². The number of benzene rings is 5. The second-order valence-corrected chi connectivity index (χ2v) is 8.31. The molecule has 0 unspecified atom stereocenters. The van der Waals surface area contributed by atoms with E-state index in [2.05, 4.69) is 127 Å². The van der Waals surface area contributed by atoms with Crippen LogP contribution in [0.3, 0.4) is 0 Å². The van der Waals surface area contributed by atoms with Gasteiger partial charge in [0.25, 0.3) is 0 Å². The van der Waals surface area contributed by atoms with E-state index in [1.54, 1.807) is 0 Å². The van der Waals surface area contributed by atoms with E-state index >= 15 is 0 Å². The molecule has 5 aromatic rings. The topological polar surface area (TPSA) is 0 Å². The van der Waals surface area contributed by atoms with Gasteiger partial charge in [-0.1, -0.05) is 97.1 Å². The van der Waals surface area contributed by atoms with E-state index in [1.165, 1.54) is 52.9 Å². The second kappa shape index (κ2) is 7.06. The van der Waals surface area contributed by atoms with Gasteiger partial charge in [-0.3, -0.25) is 0 Å². The molecule has 5 aromatic carbocycles. The molecule has 0 heterocycles. The Morgan fingerprint density at radius 1 is 0.500 bits per heavy atom. The van der Waals surface area contributed by atoms with Gasteiger partial charge in [0.05, 0.1) is 0 Å². The Balaban J connectivity index is 1.82. The van der Waals surface area contributed by atoms with E-state index in [-0.39, 0.29) is 0 Å². The summed E-state index contributed by atoms with van der Waals surface area (Å²) in [6, 6.07) is 35.1. The SMILES string of the molecule is Cc1cc(-c2cccc3ccccc23)c(I)c(-c2cccc3ccccc23)c1. The summed E-state index contributed by atoms with van der Waals surface area (Å²) in [5.74, 6) is 0. The summed E-state index contributed by atoms with van der Waals surface area (Å²) in [6.07, 6.45) is 0. The highest BCUT2D eigenvalue weighted by Crippen LogP contribution is 2.39. The average Bonchev–Trinajstić information content (AvgIpc) is 2.74. The van der Waals surface area contributed by atoms with Crippen LogP contribution >= 0.6 is 22.6 Å². The molecule has 0 spiro atoms. The summed E-state index contributed by atoms with van der Waals surface area (Å²) in [7, 11) is 0. The fourth-order valence-electron chi connectivity index (χ4n) is 4.08. The minimum absolute atomic E-state index is 1.28. The molecule has 1 heteroatoms. The summed E-state index contributed by atoms with van der Waals surface area (Å²) < 4.78 is 1.30. The molecule has 0 saturated heterocycles. The Bertz CT molecular complexity index is 1220. The fraction of sp³-hybridized carbons (Fsp3) is 0.0370. The van der Waals surface area contributed by atoms with Crippen LogP contribution in [0.4, 0.5) is 0 Å². The van der Waals surface area contributed by atoms with Crippen molar-refractivity contribution in [2.75, 3.05) is 0 Å². The summed E-state index contributed by atoms with van der Waals surface area (Å²) in [5.41, 5.74) is 6.49. The molecule has 0 aliphatic carbocycles. The second-order valence-electron chi connectivity index (χ2n) is 7.23. The number of aryl methyl sites for hydroxylation is 1. The van der Waals surface area contributed by atoms with Gasteiger partial charge in [0, 0.05) is 3.57 Å². The normalized spacial score (nSPS) is 11.2. The van der Waals surface area contributed by atoms with Gasteiger partial charge >= 0.3 is 0 Å². The Morgan fingerprint density at radius 3 is 1.43 bits per heavy atom. The van der Waals surface area contributed by atoms with E-state index in [0.717, 1.165) is 0 Å². The third-order valence-electron chi connectivity index (χ3n) is 5.38. The van der Waals surface area contributed by atoms with E-state index in [1.807, 2.05) is 0 Å². The van der Waals surface area contributed by atoms with Gasteiger partial charge in [0.2, 0.25) is 0 Å². The largest absolute Gasteiger partial charge is 0.0616 e. The first-order valence-electron chi connectivity index (χ1n) is 9.49. The first kappa shape index (κ1) is 17.4. The molecule has 28 heavy (non-hydrogen) atoms. The van der Waals surface area contributed by atoms with Crippen LogP contribution in [0.15, 0.2) is 97.1 Å². The van der Waals surface area contributed by atoms with Crippen molar-refractivity contribution in [2.45, 2.75) is 6.92 Å². The molecule has 134 valence electrons. The van der Waals surface area contributed by atoms with Crippen molar-refractivity contribution < 1.29 is 0 Å². The number of fused-ring (bicyclic) bond motifs is 2. The summed E-state index contributed by atoms with van der Waals surface area (Å²) in [4.78, 5) is 0. The fourth-order valence-corrected chi connectivity index (χ4v) is 4.97. The van der Waals surface area contributed by atoms with Gasteiger partial charge in [-0.2, -0.15) is 0 Å². The van der Waals surface area contributed by atoms with Crippen molar-refractivity contribution in [3.8, 4) is 22.3 Å². The Hall–Kier alpha value is -2.65. The molecule has 0 amide bonds. The smallest absolute Gasteiger partial charge is 0.0287 e. The van der Waals surface area contributed by atoms with Crippen LogP contribution in [0.2, 0.25) is 0 Å². The van der Waals surface area contributed by atoms with Gasteiger partial charge < -0.3 is 0 Å². The highest BCUT2D eigenvalue weighted by Gasteiger charge is 2.14. The standard InChI is InChI=1S/C27H19I/c1-18-16-25(23-14-6-10-19-8-2-4-12-21(19)23)27(28)26(17-18)24-15-7-11-20-9-3-5-13-22(20)24/h2-17H,1H3. The molecule has 0 aromatic heterocycles. The van der Waals surface area contributed by atoms with Crippen LogP contribution in [0.5, 0.6) is 0 Å². The highest BCUT2D eigenvalue weighted by atomic mass is 127. The van der Waals surface area contributed by atoms with Crippen molar-refractivity contribution in [2.24, 2.45) is 0 Å². The van der Waals surface area contributed by atoms with Crippen molar-refractivity contribution in [3.63, 3.8) is 0 Å². The lowest BCUT2D eigenvalue weighted by atomic mass is 9.92. The van der Waals surface area contributed by atoms with Crippen LogP contribution in [-0.4, -0.2) is 0 Å². The van der Waals surface area contributed by atoms with E-state index < -0.39 is 0 Å². The minimum Gasteiger partial charge on any atom is -0.0616 e. The summed E-state index contributed by atoms with van der Waals surface area (Å²) >= 11 is 2.53. The number of hydrogen-bond acceptors (Lipinski definition) is 0. The number of halogens is 1. The monoisotopic (exact) mass is 470 g/mol. The molecule has 0 nitrogen and oxygen atoms in total. The molecule has 0 aliphatic rings. The lowest BCUT2D eigenvalue weighted by Gasteiger charge is -2.16. The Morgan fingerprint density at radius 2 is 0.929 bits per heavy atom. The molecule has 5 rings (SSSR count). The van der Waals surface area contributed by atoms with Gasteiger partial charge in [-0.15, -0.1) is 0 Å². The highest BCUT2D eigenvalue weighted by molar-refractivity contribution is 14.1. The van der Waals surface area contributed by atoms with Crippen molar-refractivity contribution in [1.29, 1.82) is 0 Å². The van der Waals surface area contributed by atoms with Crippen molar-refractivity contribution in [3.05, 3.63) is 106 Å². The molecule has 0 fully saturated rings. The van der Waals surface area contributed by atoms with Crippen molar-refractivity contribution in [1.82, 2.24) is 0 Å². The summed E-state index contributed by atoms with van der Waals surface area (Å²) in [6.45, 7) is 2.19. The Kier molecular flexibility index (Phi) is 4.40. The third kappa shape index (κ3) is 2.91. The first-order valence-corrected chi connectivity index (χ1v) is 10.6. The van der Waals surface area contributed by atoms with Crippen LogP contribution in [-0.2, 0) is 0 Å². The predicted octanol–water partition coefficient (Wildman–Crippen LogP) is 8.24. The van der Waals surface area contributed by atoms with Crippen LogP contribution in [0, 0.1) is 10.5 Å². The molecule has 0 bridgehead atoms. The van der Waals surface area contributed by atoms with Crippen LogP contribution in [0.1, 0.15) is 5.56 Å². The molecule has 0 radical (unpaired) electrons. The van der Waals surface area contributed by atoms with Crippen LogP contribution in [0.25, 0.3) is 43.8 Å².